The van der Waals surface area contributed by atoms with E-state index in [-0.39, 0.29) is 30.3 Å². The van der Waals surface area contributed by atoms with Crippen LogP contribution >= 0.6 is 0 Å². The van der Waals surface area contributed by atoms with Crippen molar-refractivity contribution in [1.82, 2.24) is 4.90 Å². The lowest BCUT2D eigenvalue weighted by atomic mass is 9.81. The number of aliphatic hydroxyl groups is 1. The Bertz CT molecular complexity index is 715. The predicted molar refractivity (Wildman–Crippen MR) is 95.9 cm³/mol. The van der Waals surface area contributed by atoms with Crippen LogP contribution in [0.2, 0.25) is 0 Å². The quantitative estimate of drug-likeness (QED) is 0.815. The maximum atomic E-state index is 12.5. The summed E-state index contributed by atoms with van der Waals surface area (Å²) in [7, 11) is 0. The molecule has 2 heterocycles. The minimum atomic E-state index is -4.76. The highest BCUT2D eigenvalue weighted by atomic mass is 19.4. The van der Waals surface area contributed by atoms with E-state index in [0.29, 0.717) is 18.4 Å². The van der Waals surface area contributed by atoms with E-state index in [2.05, 4.69) is 4.74 Å². The van der Waals surface area contributed by atoms with Gasteiger partial charge in [-0.3, -0.25) is 0 Å². The number of hydrogen-bond acceptors (Lipinski definition) is 4. The summed E-state index contributed by atoms with van der Waals surface area (Å²) in [5, 5.41) is 11.1. The van der Waals surface area contributed by atoms with Gasteiger partial charge in [0.25, 0.3) is 0 Å². The Balaban J connectivity index is 1.69. The number of ether oxygens (including phenoxy) is 2. The number of halogens is 3. The fraction of sp³-hybridized carbons (Fsp3) is 0.650. The van der Waals surface area contributed by atoms with Crippen LogP contribution in [0.4, 0.5) is 18.0 Å². The second-order valence-corrected chi connectivity index (χ2v) is 8.78. The van der Waals surface area contributed by atoms with Gasteiger partial charge in [0.1, 0.15) is 11.4 Å². The van der Waals surface area contributed by atoms with Crippen LogP contribution in [0.25, 0.3) is 0 Å². The normalized spacial score (nSPS) is 27.6. The molecule has 2 bridgehead atoms. The second kappa shape index (κ2) is 7.13. The lowest BCUT2D eigenvalue weighted by molar-refractivity contribution is -0.274. The van der Waals surface area contributed by atoms with E-state index in [9.17, 15) is 23.1 Å². The first kappa shape index (κ1) is 20.8. The van der Waals surface area contributed by atoms with E-state index in [1.165, 1.54) is 18.2 Å². The van der Waals surface area contributed by atoms with Crippen molar-refractivity contribution < 1.29 is 32.5 Å². The average molecular weight is 401 g/mol. The van der Waals surface area contributed by atoms with E-state index in [1.54, 1.807) is 11.0 Å². The average Bonchev–Trinajstić information content (AvgIpc) is 2.77. The van der Waals surface area contributed by atoms with Gasteiger partial charge in [0, 0.05) is 18.5 Å². The van der Waals surface area contributed by atoms with Gasteiger partial charge in [-0.15, -0.1) is 13.2 Å². The standard InChI is InChI=1S/C20H26F3NO4/c1-18(2,3)28-17(25)24-14-7-8-15(24)12-19(26,11-14)10-13-5-4-6-16(9-13)27-20(21,22)23/h4-6,9,14-15,26H,7-8,10-12H2,1-3H3. The number of alkyl halides is 3. The molecule has 2 atom stereocenters. The van der Waals surface area contributed by atoms with Crippen LogP contribution in [0, 0.1) is 0 Å². The Labute approximate surface area is 162 Å². The maximum Gasteiger partial charge on any atom is 0.573 e. The highest BCUT2D eigenvalue weighted by molar-refractivity contribution is 5.69. The maximum absolute atomic E-state index is 12.5. The molecule has 156 valence electrons. The Hall–Kier alpha value is -1.96. The molecule has 0 radical (unpaired) electrons. The van der Waals surface area contributed by atoms with Gasteiger partial charge in [-0.25, -0.2) is 4.79 Å². The molecule has 0 spiro atoms. The number of carbonyl (C=O) groups is 1. The molecule has 2 aliphatic rings. The van der Waals surface area contributed by atoms with Gasteiger partial charge < -0.3 is 19.5 Å². The SMILES string of the molecule is CC(C)(C)OC(=O)N1C2CCC1CC(O)(Cc1cccc(OC(F)(F)F)c1)C2. The van der Waals surface area contributed by atoms with Crippen molar-refractivity contribution in [3.05, 3.63) is 29.8 Å². The summed E-state index contributed by atoms with van der Waals surface area (Å²) in [6.45, 7) is 5.43. The van der Waals surface area contributed by atoms with Gasteiger partial charge in [-0.2, -0.15) is 0 Å². The van der Waals surface area contributed by atoms with Crippen LogP contribution in [0.15, 0.2) is 24.3 Å². The van der Waals surface area contributed by atoms with Gasteiger partial charge in [-0.1, -0.05) is 12.1 Å². The highest BCUT2D eigenvalue weighted by Crippen LogP contribution is 2.43. The molecule has 1 aromatic rings. The molecule has 2 aliphatic heterocycles. The second-order valence-electron chi connectivity index (χ2n) is 8.78. The van der Waals surface area contributed by atoms with Crippen molar-refractivity contribution in [2.45, 2.75) is 82.5 Å². The van der Waals surface area contributed by atoms with E-state index < -0.39 is 17.6 Å². The summed E-state index contributed by atoms with van der Waals surface area (Å²) in [6.07, 6.45) is -2.62. The zero-order valence-electron chi connectivity index (χ0n) is 16.3. The van der Waals surface area contributed by atoms with E-state index in [4.69, 9.17) is 4.74 Å². The summed E-state index contributed by atoms with van der Waals surface area (Å²) in [6, 6.07) is 5.41. The number of benzene rings is 1. The molecule has 2 unspecified atom stereocenters. The van der Waals surface area contributed by atoms with Crippen LogP contribution in [0.3, 0.4) is 0 Å². The fourth-order valence-corrected chi connectivity index (χ4v) is 4.31. The third kappa shape index (κ3) is 5.10. The molecular formula is C20H26F3NO4. The molecule has 8 heteroatoms. The van der Waals surface area contributed by atoms with Gasteiger partial charge in [0.05, 0.1) is 5.60 Å². The van der Waals surface area contributed by atoms with Crippen LogP contribution in [-0.4, -0.2) is 45.7 Å². The molecule has 0 aliphatic carbocycles. The summed E-state index contributed by atoms with van der Waals surface area (Å²) in [5.74, 6) is -0.303. The fourth-order valence-electron chi connectivity index (χ4n) is 4.31. The van der Waals surface area contributed by atoms with Crippen LogP contribution in [0.5, 0.6) is 5.75 Å². The van der Waals surface area contributed by atoms with Crippen LogP contribution in [-0.2, 0) is 11.2 Å². The van der Waals surface area contributed by atoms with Crippen molar-refractivity contribution >= 4 is 6.09 Å². The van der Waals surface area contributed by atoms with Crippen LogP contribution < -0.4 is 4.74 Å². The molecule has 2 fully saturated rings. The zero-order valence-corrected chi connectivity index (χ0v) is 16.3. The van der Waals surface area contributed by atoms with Crippen LogP contribution in [0.1, 0.15) is 52.0 Å². The number of piperidine rings is 1. The van der Waals surface area contributed by atoms with Gasteiger partial charge in [0.2, 0.25) is 0 Å². The molecule has 0 saturated carbocycles. The summed E-state index contributed by atoms with van der Waals surface area (Å²) >= 11 is 0. The first-order valence-electron chi connectivity index (χ1n) is 9.42. The highest BCUT2D eigenvalue weighted by Gasteiger charge is 2.50. The van der Waals surface area contributed by atoms with E-state index in [1.807, 2.05) is 20.8 Å². The smallest absolute Gasteiger partial charge is 0.444 e. The number of fused-ring (bicyclic) bond motifs is 2. The number of nitrogens with zero attached hydrogens (tertiary/aromatic N) is 1. The Morgan fingerprint density at radius 2 is 1.82 bits per heavy atom. The van der Waals surface area contributed by atoms with Gasteiger partial charge in [0.15, 0.2) is 0 Å². The molecule has 1 amide bonds. The first-order chi connectivity index (χ1) is 12.8. The molecule has 1 aromatic carbocycles. The monoisotopic (exact) mass is 401 g/mol. The van der Waals surface area contributed by atoms with E-state index >= 15 is 0 Å². The molecule has 0 aromatic heterocycles. The van der Waals surface area contributed by atoms with Crippen molar-refractivity contribution in [2.75, 3.05) is 0 Å². The molecule has 5 nitrogen and oxygen atoms in total. The van der Waals surface area contributed by atoms with Crippen molar-refractivity contribution in [3.63, 3.8) is 0 Å². The van der Waals surface area contributed by atoms with Gasteiger partial charge >= 0.3 is 12.5 Å². The number of rotatable bonds is 3. The topological polar surface area (TPSA) is 59.0 Å². The van der Waals surface area contributed by atoms with E-state index in [0.717, 1.165) is 12.8 Å². The number of hydrogen-bond donors (Lipinski definition) is 1. The molecule has 28 heavy (non-hydrogen) atoms. The first-order valence-corrected chi connectivity index (χ1v) is 9.42. The summed E-state index contributed by atoms with van der Waals surface area (Å²) in [5.41, 5.74) is -1.11. The minimum Gasteiger partial charge on any atom is -0.444 e. The lowest BCUT2D eigenvalue weighted by Gasteiger charge is -2.44. The molecule has 2 saturated heterocycles. The molecule has 1 N–H and O–H groups in total. The third-order valence-corrected chi connectivity index (χ3v) is 5.12. The largest absolute Gasteiger partial charge is 0.573 e. The Morgan fingerprint density at radius 1 is 1.21 bits per heavy atom. The zero-order chi connectivity index (χ0) is 20.7. The van der Waals surface area contributed by atoms with Crippen molar-refractivity contribution in [2.24, 2.45) is 0 Å². The molecule has 3 rings (SSSR count). The number of amides is 1. The molecular weight excluding hydrogens is 375 g/mol. The Kier molecular flexibility index (Phi) is 5.29. The summed E-state index contributed by atoms with van der Waals surface area (Å²) < 4.78 is 46.8. The predicted octanol–water partition coefficient (Wildman–Crippen LogP) is 4.42. The summed E-state index contributed by atoms with van der Waals surface area (Å²) in [4.78, 5) is 14.2. The van der Waals surface area contributed by atoms with Gasteiger partial charge in [-0.05, 0) is 64.2 Å². The lowest BCUT2D eigenvalue weighted by Crippen LogP contribution is -2.54. The van der Waals surface area contributed by atoms with Crippen molar-refractivity contribution in [3.8, 4) is 5.75 Å². The van der Waals surface area contributed by atoms with Crippen molar-refractivity contribution in [1.29, 1.82) is 0 Å². The Morgan fingerprint density at radius 3 is 2.36 bits per heavy atom. The number of carbonyl (C=O) groups excluding carboxylic acids is 1. The minimum absolute atomic E-state index is 0.131. The third-order valence-electron chi connectivity index (χ3n) is 5.12.